The summed E-state index contributed by atoms with van der Waals surface area (Å²) < 4.78 is 10.2. The number of rotatable bonds is 2. The Labute approximate surface area is 147 Å². The first-order valence-electron chi connectivity index (χ1n) is 7.81. The fourth-order valence-corrected chi connectivity index (χ4v) is 2.54. The van der Waals surface area contributed by atoms with Crippen molar-refractivity contribution in [1.82, 2.24) is 4.90 Å². The van der Waals surface area contributed by atoms with Crippen molar-refractivity contribution in [3.8, 4) is 0 Å². The average molecular weight is 360 g/mol. The first-order chi connectivity index (χ1) is 11.7. The van der Waals surface area contributed by atoms with E-state index in [1.54, 1.807) is 14.2 Å². The number of ether oxygens (including phenoxy) is 2. The van der Waals surface area contributed by atoms with Gasteiger partial charge in [0.1, 0.15) is 0 Å². The fourth-order valence-electron chi connectivity index (χ4n) is 2.54. The zero-order chi connectivity index (χ0) is 19.5. The van der Waals surface area contributed by atoms with E-state index in [1.807, 2.05) is 6.92 Å². The molecule has 1 atom stereocenters. The number of nitrogens with zero attached hydrogens (tertiary/aromatic N) is 2. The standard InChI is InChI=1S/C10H18N2O2.C4H4O4.C2H6O/c1-8-9(11-13)7-10(14-8)3-5-12(2)6-4-10;5-3(6)1-2-4(7)8;1-3-2/h8,13H,3-7H2,1-2H3;1-2H,(H,5,6)(H,7,8);1-2H3/b11-9-;2-1-;. The maximum absolute atomic E-state index is 9.55. The summed E-state index contributed by atoms with van der Waals surface area (Å²) in [6.07, 6.45) is 4.01. The van der Waals surface area contributed by atoms with Gasteiger partial charge in [-0.05, 0) is 26.8 Å². The first-order valence-corrected chi connectivity index (χ1v) is 7.81. The Morgan fingerprint density at radius 3 is 2.00 bits per heavy atom. The highest BCUT2D eigenvalue weighted by Gasteiger charge is 2.44. The van der Waals surface area contributed by atoms with Gasteiger partial charge in [0, 0.05) is 45.9 Å². The van der Waals surface area contributed by atoms with Crippen LogP contribution in [0.1, 0.15) is 26.2 Å². The van der Waals surface area contributed by atoms with Crippen LogP contribution in [0.3, 0.4) is 0 Å². The van der Waals surface area contributed by atoms with Crippen LogP contribution < -0.4 is 0 Å². The molecule has 2 aliphatic rings. The Morgan fingerprint density at radius 1 is 1.24 bits per heavy atom. The number of likely N-dealkylation sites (tertiary alicyclic amines) is 1. The van der Waals surface area contributed by atoms with Crippen molar-refractivity contribution in [2.24, 2.45) is 5.16 Å². The maximum atomic E-state index is 9.55. The minimum atomic E-state index is -1.26. The summed E-state index contributed by atoms with van der Waals surface area (Å²) in [5.41, 5.74) is 0.766. The number of carbonyl (C=O) groups is 2. The molecule has 1 spiro atoms. The van der Waals surface area contributed by atoms with Gasteiger partial charge >= 0.3 is 11.9 Å². The van der Waals surface area contributed by atoms with E-state index >= 15 is 0 Å². The number of hydrogen-bond acceptors (Lipinski definition) is 7. The number of oxime groups is 1. The van der Waals surface area contributed by atoms with E-state index in [9.17, 15) is 9.59 Å². The number of carboxylic acids is 2. The summed E-state index contributed by atoms with van der Waals surface area (Å²) in [4.78, 5) is 21.4. The van der Waals surface area contributed by atoms with Gasteiger partial charge in [-0.3, -0.25) is 0 Å². The zero-order valence-electron chi connectivity index (χ0n) is 15.1. The monoisotopic (exact) mass is 360 g/mol. The SMILES string of the molecule is CC1OC2(CCN(C)CC2)C/C1=N/O.COC.O=C(O)/C=C\C(=O)O. The largest absolute Gasteiger partial charge is 0.478 e. The Bertz CT molecular complexity index is 467. The third-order valence-corrected chi connectivity index (χ3v) is 3.79. The highest BCUT2D eigenvalue weighted by molar-refractivity contribution is 5.90. The molecule has 2 fully saturated rings. The highest BCUT2D eigenvalue weighted by Crippen LogP contribution is 2.37. The highest BCUT2D eigenvalue weighted by atomic mass is 16.5. The van der Waals surface area contributed by atoms with Gasteiger partial charge in [-0.15, -0.1) is 0 Å². The molecule has 0 aliphatic carbocycles. The number of methoxy groups -OCH3 is 1. The molecule has 3 N–H and O–H groups in total. The maximum Gasteiger partial charge on any atom is 0.328 e. The van der Waals surface area contributed by atoms with Crippen molar-refractivity contribution >= 4 is 17.7 Å². The number of piperidine rings is 1. The molecule has 2 heterocycles. The molecule has 0 aromatic carbocycles. The van der Waals surface area contributed by atoms with E-state index in [0.29, 0.717) is 12.2 Å². The molecule has 9 heteroatoms. The Balaban J connectivity index is 0.000000448. The molecule has 2 rings (SSSR count). The van der Waals surface area contributed by atoms with Crippen molar-refractivity contribution in [1.29, 1.82) is 0 Å². The van der Waals surface area contributed by atoms with Gasteiger partial charge in [-0.25, -0.2) is 9.59 Å². The van der Waals surface area contributed by atoms with Crippen molar-refractivity contribution < 1.29 is 34.5 Å². The van der Waals surface area contributed by atoms with Crippen LogP contribution in [-0.4, -0.2) is 84.0 Å². The number of carboxylic acid groups (broad SMARTS) is 2. The van der Waals surface area contributed by atoms with Crippen LogP contribution in [0.25, 0.3) is 0 Å². The van der Waals surface area contributed by atoms with Crippen LogP contribution in [0.5, 0.6) is 0 Å². The molecule has 0 amide bonds. The summed E-state index contributed by atoms with van der Waals surface area (Å²) in [6.45, 7) is 4.11. The van der Waals surface area contributed by atoms with Gasteiger partial charge in [-0.1, -0.05) is 5.16 Å². The molecule has 9 nitrogen and oxygen atoms in total. The third-order valence-electron chi connectivity index (χ3n) is 3.79. The smallest absolute Gasteiger partial charge is 0.328 e. The Hall–Kier alpha value is -1.97. The summed E-state index contributed by atoms with van der Waals surface area (Å²) in [7, 11) is 5.38. The van der Waals surface area contributed by atoms with Gasteiger partial charge in [0.25, 0.3) is 0 Å². The second-order valence-electron chi connectivity index (χ2n) is 5.93. The molecular formula is C16H28N2O7. The van der Waals surface area contributed by atoms with Crippen molar-refractivity contribution in [3.63, 3.8) is 0 Å². The summed E-state index contributed by atoms with van der Waals surface area (Å²) in [5.74, 6) is -2.51. The van der Waals surface area contributed by atoms with Crippen LogP contribution in [0.4, 0.5) is 0 Å². The zero-order valence-corrected chi connectivity index (χ0v) is 15.1. The van der Waals surface area contributed by atoms with Gasteiger partial charge in [0.15, 0.2) is 0 Å². The summed E-state index contributed by atoms with van der Waals surface area (Å²) in [5, 5.41) is 27.7. The van der Waals surface area contributed by atoms with Crippen LogP contribution in [0.15, 0.2) is 17.3 Å². The minimum Gasteiger partial charge on any atom is -0.478 e. The Kier molecular flexibility index (Phi) is 10.7. The van der Waals surface area contributed by atoms with Crippen LogP contribution in [-0.2, 0) is 19.1 Å². The van der Waals surface area contributed by atoms with E-state index in [0.717, 1.165) is 38.1 Å². The number of hydrogen-bond donors (Lipinski definition) is 3. The van der Waals surface area contributed by atoms with Crippen LogP contribution >= 0.6 is 0 Å². The predicted octanol–water partition coefficient (Wildman–Crippen LogP) is 1.06. The van der Waals surface area contributed by atoms with Crippen LogP contribution in [0, 0.1) is 0 Å². The van der Waals surface area contributed by atoms with E-state index < -0.39 is 11.9 Å². The molecule has 0 radical (unpaired) electrons. The second-order valence-corrected chi connectivity index (χ2v) is 5.93. The predicted molar refractivity (Wildman–Crippen MR) is 91.2 cm³/mol. The lowest BCUT2D eigenvalue weighted by molar-refractivity contribution is -0.134. The summed E-state index contributed by atoms with van der Waals surface area (Å²) in [6, 6.07) is 0. The molecule has 0 bridgehead atoms. The van der Waals surface area contributed by atoms with E-state index in [4.69, 9.17) is 20.2 Å². The van der Waals surface area contributed by atoms with Crippen molar-refractivity contribution in [2.45, 2.75) is 37.9 Å². The first kappa shape index (κ1) is 23.0. The van der Waals surface area contributed by atoms with Crippen LogP contribution in [0.2, 0.25) is 0 Å². The average Bonchev–Trinajstić information content (AvgIpc) is 2.86. The molecule has 0 aromatic rings. The molecule has 2 saturated heterocycles. The molecule has 144 valence electrons. The van der Waals surface area contributed by atoms with Crippen molar-refractivity contribution in [2.75, 3.05) is 34.4 Å². The molecule has 1 unspecified atom stereocenters. The number of aliphatic carboxylic acids is 2. The minimum absolute atomic E-state index is 0.0107. The molecule has 2 aliphatic heterocycles. The van der Waals surface area contributed by atoms with Gasteiger partial charge in [0.05, 0.1) is 17.4 Å². The molecule has 0 saturated carbocycles. The fraction of sp³-hybridized carbons (Fsp3) is 0.688. The lowest BCUT2D eigenvalue weighted by Crippen LogP contribution is -2.42. The third kappa shape index (κ3) is 9.18. The van der Waals surface area contributed by atoms with Gasteiger partial charge < -0.3 is 29.8 Å². The van der Waals surface area contributed by atoms with Gasteiger partial charge in [0.2, 0.25) is 0 Å². The van der Waals surface area contributed by atoms with E-state index in [2.05, 4.69) is 21.8 Å². The normalized spacial score (nSPS) is 23.7. The van der Waals surface area contributed by atoms with E-state index in [1.165, 1.54) is 0 Å². The quantitative estimate of drug-likeness (QED) is 0.379. The lowest BCUT2D eigenvalue weighted by atomic mass is 9.88. The van der Waals surface area contributed by atoms with Gasteiger partial charge in [-0.2, -0.15) is 0 Å². The van der Waals surface area contributed by atoms with E-state index in [-0.39, 0.29) is 11.7 Å². The molecule has 25 heavy (non-hydrogen) atoms. The molecule has 0 aromatic heterocycles. The Morgan fingerprint density at radius 2 is 1.68 bits per heavy atom. The molecular weight excluding hydrogens is 332 g/mol. The van der Waals surface area contributed by atoms with Crippen molar-refractivity contribution in [3.05, 3.63) is 12.2 Å². The summed E-state index contributed by atoms with van der Waals surface area (Å²) >= 11 is 0. The second kappa shape index (κ2) is 11.6. The lowest BCUT2D eigenvalue weighted by Gasteiger charge is -2.36. The topological polar surface area (TPSA) is 129 Å².